The van der Waals surface area contributed by atoms with Crippen molar-refractivity contribution in [3.05, 3.63) is 28.0 Å². The molecular formula is C11H12Cl2N2O2S. The van der Waals surface area contributed by atoms with E-state index in [0.29, 0.717) is 16.9 Å². The summed E-state index contributed by atoms with van der Waals surface area (Å²) in [7, 11) is 1.40. The fourth-order valence-corrected chi connectivity index (χ4v) is 3.52. The fourth-order valence-electron chi connectivity index (χ4n) is 1.82. The number of thioether (sulfide) groups is 1. The van der Waals surface area contributed by atoms with Crippen LogP contribution in [0.25, 0.3) is 0 Å². The average Bonchev–Trinajstić information content (AvgIpc) is 2.74. The van der Waals surface area contributed by atoms with E-state index in [-0.39, 0.29) is 11.3 Å². The lowest BCUT2D eigenvalue weighted by molar-refractivity contribution is -0.143. The number of hydrogen-bond acceptors (Lipinski definition) is 5. The first-order chi connectivity index (χ1) is 8.60. The van der Waals surface area contributed by atoms with Crippen LogP contribution >= 0.6 is 35.0 Å². The summed E-state index contributed by atoms with van der Waals surface area (Å²) in [6.45, 7) is 1.44. The minimum absolute atomic E-state index is 0.219. The molecule has 1 atom stereocenters. The Morgan fingerprint density at radius 1 is 1.56 bits per heavy atom. The third-order valence-electron chi connectivity index (χ3n) is 2.60. The maximum atomic E-state index is 11.6. The van der Waals surface area contributed by atoms with Crippen LogP contribution in [0.5, 0.6) is 0 Å². The maximum absolute atomic E-state index is 11.6. The van der Waals surface area contributed by atoms with E-state index in [1.54, 1.807) is 23.9 Å². The highest BCUT2D eigenvalue weighted by Gasteiger charge is 2.32. The molecule has 1 saturated heterocycles. The highest BCUT2D eigenvalue weighted by Crippen LogP contribution is 2.27. The van der Waals surface area contributed by atoms with Crippen molar-refractivity contribution in [2.24, 2.45) is 0 Å². The molecule has 4 nitrogen and oxygen atoms in total. The standard InChI is InChI=1S/C11H12Cl2N2O2S/c1-17-11(16)10-15(2-3-18-10)6-7-4-8(12)14-9(13)5-7/h4-5,10H,2-3,6H2,1H3. The Hall–Kier alpha value is -0.490. The number of nitrogens with zero attached hydrogens (tertiary/aromatic N) is 2. The molecule has 7 heteroatoms. The number of pyridine rings is 1. The van der Waals surface area contributed by atoms with E-state index < -0.39 is 0 Å². The Labute approximate surface area is 120 Å². The number of carbonyl (C=O) groups excluding carboxylic acids is 1. The molecule has 2 heterocycles. The van der Waals surface area contributed by atoms with Crippen molar-refractivity contribution in [1.82, 2.24) is 9.88 Å². The zero-order valence-corrected chi connectivity index (χ0v) is 12.1. The first-order valence-electron chi connectivity index (χ1n) is 5.35. The molecule has 1 unspecified atom stereocenters. The number of hydrogen-bond donors (Lipinski definition) is 0. The fraction of sp³-hybridized carbons (Fsp3) is 0.455. The smallest absolute Gasteiger partial charge is 0.333 e. The van der Waals surface area contributed by atoms with E-state index in [2.05, 4.69) is 4.98 Å². The summed E-state index contributed by atoms with van der Waals surface area (Å²) in [5.41, 5.74) is 0.941. The van der Waals surface area contributed by atoms with Crippen molar-refractivity contribution >= 4 is 40.9 Å². The van der Waals surface area contributed by atoms with Gasteiger partial charge in [0.15, 0.2) is 5.37 Å². The molecule has 0 aliphatic carbocycles. The van der Waals surface area contributed by atoms with Crippen LogP contribution in [0.15, 0.2) is 12.1 Å². The highest BCUT2D eigenvalue weighted by molar-refractivity contribution is 8.00. The second kappa shape index (κ2) is 6.10. The van der Waals surface area contributed by atoms with Crippen molar-refractivity contribution in [3.8, 4) is 0 Å². The quantitative estimate of drug-likeness (QED) is 0.634. The Bertz CT molecular complexity index is 438. The molecule has 0 radical (unpaired) electrons. The van der Waals surface area contributed by atoms with Crippen LogP contribution < -0.4 is 0 Å². The van der Waals surface area contributed by atoms with Crippen LogP contribution in [0.4, 0.5) is 0 Å². The number of carbonyl (C=O) groups is 1. The zero-order chi connectivity index (χ0) is 13.1. The summed E-state index contributed by atoms with van der Waals surface area (Å²) < 4.78 is 4.78. The second-order valence-electron chi connectivity index (χ2n) is 3.84. The summed E-state index contributed by atoms with van der Waals surface area (Å²) >= 11 is 13.3. The van der Waals surface area contributed by atoms with Gasteiger partial charge in [0, 0.05) is 18.8 Å². The number of aromatic nitrogens is 1. The summed E-state index contributed by atoms with van der Waals surface area (Å²) in [6.07, 6.45) is 0. The van der Waals surface area contributed by atoms with Gasteiger partial charge in [-0.1, -0.05) is 23.2 Å². The van der Waals surface area contributed by atoms with Gasteiger partial charge in [-0.15, -0.1) is 11.8 Å². The van der Waals surface area contributed by atoms with Crippen LogP contribution in [-0.2, 0) is 16.1 Å². The largest absolute Gasteiger partial charge is 0.467 e. The van der Waals surface area contributed by atoms with Crippen molar-refractivity contribution in [1.29, 1.82) is 0 Å². The second-order valence-corrected chi connectivity index (χ2v) is 5.80. The van der Waals surface area contributed by atoms with Crippen molar-refractivity contribution in [3.63, 3.8) is 0 Å². The van der Waals surface area contributed by atoms with Gasteiger partial charge < -0.3 is 4.74 Å². The Morgan fingerprint density at radius 2 is 2.22 bits per heavy atom. The van der Waals surface area contributed by atoms with E-state index in [4.69, 9.17) is 27.9 Å². The third kappa shape index (κ3) is 3.29. The number of esters is 1. The molecule has 2 rings (SSSR count). The summed E-state index contributed by atoms with van der Waals surface area (Å²) in [5.74, 6) is 0.690. The van der Waals surface area contributed by atoms with Gasteiger partial charge in [0.2, 0.25) is 0 Å². The van der Waals surface area contributed by atoms with E-state index >= 15 is 0 Å². The Morgan fingerprint density at radius 3 is 2.83 bits per heavy atom. The van der Waals surface area contributed by atoms with Crippen LogP contribution in [0, 0.1) is 0 Å². The van der Waals surface area contributed by atoms with Gasteiger partial charge in [-0.25, -0.2) is 9.78 Å². The topological polar surface area (TPSA) is 42.4 Å². The first-order valence-corrected chi connectivity index (χ1v) is 7.16. The van der Waals surface area contributed by atoms with Gasteiger partial charge in [-0.3, -0.25) is 4.90 Å². The van der Waals surface area contributed by atoms with Crippen LogP contribution in [0.1, 0.15) is 5.56 Å². The SMILES string of the molecule is COC(=O)C1SCCN1Cc1cc(Cl)nc(Cl)c1. The van der Waals surface area contributed by atoms with Gasteiger partial charge in [-0.05, 0) is 17.7 Å². The van der Waals surface area contributed by atoms with E-state index in [1.807, 2.05) is 4.90 Å². The average molecular weight is 307 g/mol. The molecule has 0 N–H and O–H groups in total. The molecule has 0 aromatic carbocycles. The normalized spacial score (nSPS) is 20.1. The minimum Gasteiger partial charge on any atom is -0.467 e. The molecule has 0 bridgehead atoms. The molecule has 0 spiro atoms. The van der Waals surface area contributed by atoms with Crippen molar-refractivity contribution < 1.29 is 9.53 Å². The molecule has 1 aromatic rings. The molecule has 18 heavy (non-hydrogen) atoms. The van der Waals surface area contributed by atoms with Gasteiger partial charge in [0.1, 0.15) is 10.3 Å². The summed E-state index contributed by atoms with van der Waals surface area (Å²) in [5, 5.41) is 0.471. The van der Waals surface area contributed by atoms with E-state index in [9.17, 15) is 4.79 Å². The number of halogens is 2. The highest BCUT2D eigenvalue weighted by atomic mass is 35.5. The van der Waals surface area contributed by atoms with E-state index in [1.165, 1.54) is 7.11 Å². The molecular weight excluding hydrogens is 295 g/mol. The minimum atomic E-state index is -0.249. The molecule has 1 aliphatic heterocycles. The monoisotopic (exact) mass is 306 g/mol. The van der Waals surface area contributed by atoms with Gasteiger partial charge >= 0.3 is 5.97 Å². The number of rotatable bonds is 3. The maximum Gasteiger partial charge on any atom is 0.333 e. The molecule has 0 saturated carbocycles. The van der Waals surface area contributed by atoms with Gasteiger partial charge in [0.25, 0.3) is 0 Å². The van der Waals surface area contributed by atoms with Crippen LogP contribution in [0.2, 0.25) is 10.3 Å². The Balaban J connectivity index is 2.10. The number of methoxy groups -OCH3 is 1. The summed E-state index contributed by atoms with van der Waals surface area (Å²) in [6, 6.07) is 3.51. The van der Waals surface area contributed by atoms with Gasteiger partial charge in [-0.2, -0.15) is 0 Å². The van der Waals surface area contributed by atoms with E-state index in [0.717, 1.165) is 17.9 Å². The molecule has 0 amide bonds. The first kappa shape index (κ1) is 13.9. The molecule has 1 fully saturated rings. The lowest BCUT2D eigenvalue weighted by atomic mass is 10.2. The zero-order valence-electron chi connectivity index (χ0n) is 9.73. The van der Waals surface area contributed by atoms with Crippen molar-refractivity contribution in [2.45, 2.75) is 11.9 Å². The predicted octanol–water partition coefficient (Wildman–Crippen LogP) is 2.44. The number of ether oxygens (including phenoxy) is 1. The molecule has 1 aromatic heterocycles. The predicted molar refractivity (Wildman–Crippen MR) is 72.9 cm³/mol. The lowest BCUT2D eigenvalue weighted by Gasteiger charge is -2.21. The van der Waals surface area contributed by atoms with Crippen molar-refractivity contribution in [2.75, 3.05) is 19.4 Å². The lowest BCUT2D eigenvalue weighted by Crippen LogP contribution is -2.34. The van der Waals surface area contributed by atoms with Crippen LogP contribution in [-0.4, -0.2) is 40.6 Å². The summed E-state index contributed by atoms with van der Waals surface area (Å²) in [4.78, 5) is 17.5. The molecule has 98 valence electrons. The molecule has 1 aliphatic rings. The third-order valence-corrected chi connectivity index (χ3v) is 4.21. The van der Waals surface area contributed by atoms with Crippen LogP contribution in [0.3, 0.4) is 0 Å². The Kier molecular flexibility index (Phi) is 4.72. The van der Waals surface area contributed by atoms with Gasteiger partial charge in [0.05, 0.1) is 7.11 Å².